The summed E-state index contributed by atoms with van der Waals surface area (Å²) in [5.41, 5.74) is 0. The molecule has 2 N–H and O–H groups in total. The zero-order chi connectivity index (χ0) is 8.97. The second kappa shape index (κ2) is 4.57. The molecule has 0 aromatic heterocycles. The van der Waals surface area contributed by atoms with E-state index in [1.165, 1.54) is 0 Å². The summed E-state index contributed by atoms with van der Waals surface area (Å²) in [7, 11) is 0. The summed E-state index contributed by atoms with van der Waals surface area (Å²) in [5, 5.41) is 6.07. The molecule has 0 spiro atoms. The van der Waals surface area contributed by atoms with Crippen LogP contribution in [0.15, 0.2) is 0 Å². The molecule has 70 valence electrons. The van der Waals surface area contributed by atoms with Crippen LogP contribution in [-0.4, -0.2) is 42.5 Å². The summed E-state index contributed by atoms with van der Waals surface area (Å²) >= 11 is 4.17. The van der Waals surface area contributed by atoms with Gasteiger partial charge in [-0.1, -0.05) is 0 Å². The fraction of sp³-hybridized carbons (Fsp3) is 0.857. The third kappa shape index (κ3) is 2.91. The van der Waals surface area contributed by atoms with E-state index >= 15 is 0 Å². The number of amides is 2. The van der Waals surface area contributed by atoms with Crippen LogP contribution in [0.5, 0.6) is 0 Å². The van der Waals surface area contributed by atoms with Crippen molar-refractivity contribution in [3.63, 3.8) is 0 Å². The van der Waals surface area contributed by atoms with Gasteiger partial charge in [0.15, 0.2) is 0 Å². The van der Waals surface area contributed by atoms with Crippen molar-refractivity contribution in [2.75, 3.05) is 26.2 Å². The molecule has 1 unspecified atom stereocenters. The minimum atomic E-state index is 0.0450. The first-order valence-electron chi connectivity index (χ1n) is 4.14. The minimum absolute atomic E-state index is 0.0450. The molecule has 0 aromatic rings. The number of rotatable bonds is 4. The van der Waals surface area contributed by atoms with Crippen molar-refractivity contribution < 1.29 is 4.79 Å². The molecule has 1 aliphatic heterocycles. The predicted octanol–water partition coefficient (Wildman–Crippen LogP) is -0.123. The molecule has 0 radical (unpaired) electrons. The molecule has 0 aliphatic carbocycles. The van der Waals surface area contributed by atoms with Gasteiger partial charge in [0, 0.05) is 31.6 Å². The monoisotopic (exact) mass is 189 g/mol. The first kappa shape index (κ1) is 9.67. The van der Waals surface area contributed by atoms with Gasteiger partial charge in [-0.05, 0) is 6.92 Å². The highest BCUT2D eigenvalue weighted by Crippen LogP contribution is 1.95. The highest BCUT2D eigenvalue weighted by atomic mass is 32.1. The number of carbonyl (C=O) groups excluding carboxylic acids is 1. The summed E-state index contributed by atoms with van der Waals surface area (Å²) in [4.78, 5) is 12.8. The zero-order valence-corrected chi connectivity index (χ0v) is 8.10. The van der Waals surface area contributed by atoms with E-state index in [1.54, 1.807) is 4.90 Å². The quantitative estimate of drug-likeness (QED) is 0.426. The molecule has 5 heteroatoms. The smallest absolute Gasteiger partial charge is 0.317 e. The van der Waals surface area contributed by atoms with Crippen molar-refractivity contribution in [3.05, 3.63) is 0 Å². The summed E-state index contributed by atoms with van der Waals surface area (Å²) in [6.45, 7) is 5.12. The Morgan fingerprint density at radius 3 is 3.08 bits per heavy atom. The van der Waals surface area contributed by atoms with Crippen LogP contribution in [-0.2, 0) is 0 Å². The van der Waals surface area contributed by atoms with E-state index in [-0.39, 0.29) is 11.4 Å². The van der Waals surface area contributed by atoms with Crippen molar-refractivity contribution in [2.24, 2.45) is 0 Å². The van der Waals surface area contributed by atoms with E-state index in [2.05, 4.69) is 23.3 Å². The number of urea groups is 1. The number of nitrogens with one attached hydrogen (secondary N) is 2. The maximum atomic E-state index is 11.0. The van der Waals surface area contributed by atoms with Gasteiger partial charge in [-0.3, -0.25) is 0 Å². The highest BCUT2D eigenvalue weighted by molar-refractivity contribution is 7.80. The van der Waals surface area contributed by atoms with E-state index in [9.17, 15) is 4.79 Å². The van der Waals surface area contributed by atoms with Crippen molar-refractivity contribution in [1.82, 2.24) is 15.5 Å². The Balaban J connectivity index is 2.10. The number of nitrogens with zero attached hydrogens (tertiary/aromatic N) is 1. The Kier molecular flexibility index (Phi) is 3.68. The summed E-state index contributed by atoms with van der Waals surface area (Å²) in [6.07, 6.45) is 0. The lowest BCUT2D eigenvalue weighted by molar-refractivity contribution is 0.217. The molecular formula is C7H15N3OS. The van der Waals surface area contributed by atoms with Crippen molar-refractivity contribution in [3.8, 4) is 0 Å². The lowest BCUT2D eigenvalue weighted by Crippen LogP contribution is -2.36. The van der Waals surface area contributed by atoms with Gasteiger partial charge in [-0.15, -0.1) is 0 Å². The average molecular weight is 189 g/mol. The standard InChI is InChI=1S/C7H15N3OS/c1-6(12)8-2-4-10-5-3-9-7(10)11/h6,8,12H,2-5H2,1H3,(H,9,11). The fourth-order valence-corrected chi connectivity index (χ4v) is 1.26. The Bertz CT molecular complexity index is 163. The molecule has 1 heterocycles. The molecule has 1 rings (SSSR count). The molecule has 4 nitrogen and oxygen atoms in total. The second-order valence-corrected chi connectivity index (χ2v) is 3.62. The van der Waals surface area contributed by atoms with Crippen LogP contribution in [0.3, 0.4) is 0 Å². The Labute approximate surface area is 78.1 Å². The van der Waals surface area contributed by atoms with Crippen LogP contribution in [0, 0.1) is 0 Å². The Morgan fingerprint density at radius 2 is 2.58 bits per heavy atom. The number of hydrogen-bond acceptors (Lipinski definition) is 3. The first-order chi connectivity index (χ1) is 5.70. The lowest BCUT2D eigenvalue weighted by Gasteiger charge is -2.15. The topological polar surface area (TPSA) is 44.4 Å². The molecule has 1 aliphatic rings. The Hall–Kier alpha value is -0.420. The van der Waals surface area contributed by atoms with Crippen LogP contribution in [0.4, 0.5) is 4.79 Å². The van der Waals surface area contributed by atoms with Crippen molar-refractivity contribution >= 4 is 18.7 Å². The van der Waals surface area contributed by atoms with Crippen LogP contribution in [0.2, 0.25) is 0 Å². The molecule has 1 atom stereocenters. The van der Waals surface area contributed by atoms with E-state index in [4.69, 9.17) is 0 Å². The van der Waals surface area contributed by atoms with E-state index in [0.29, 0.717) is 0 Å². The third-order valence-corrected chi connectivity index (χ3v) is 1.95. The molecular weight excluding hydrogens is 174 g/mol. The fourth-order valence-electron chi connectivity index (χ4n) is 1.13. The molecule has 1 saturated heterocycles. The highest BCUT2D eigenvalue weighted by Gasteiger charge is 2.17. The van der Waals surface area contributed by atoms with Crippen LogP contribution < -0.4 is 10.6 Å². The van der Waals surface area contributed by atoms with E-state index in [1.807, 2.05) is 6.92 Å². The van der Waals surface area contributed by atoms with Crippen molar-refractivity contribution in [1.29, 1.82) is 0 Å². The van der Waals surface area contributed by atoms with E-state index in [0.717, 1.165) is 26.2 Å². The van der Waals surface area contributed by atoms with Gasteiger partial charge < -0.3 is 15.5 Å². The normalized spacial score (nSPS) is 19.5. The van der Waals surface area contributed by atoms with E-state index < -0.39 is 0 Å². The number of carbonyl (C=O) groups is 1. The van der Waals surface area contributed by atoms with Crippen LogP contribution in [0.25, 0.3) is 0 Å². The van der Waals surface area contributed by atoms with Gasteiger partial charge in [0.1, 0.15) is 0 Å². The van der Waals surface area contributed by atoms with Gasteiger partial charge in [0.2, 0.25) is 0 Å². The summed E-state index contributed by atoms with van der Waals surface area (Å²) in [6, 6.07) is 0.0450. The molecule has 0 aromatic carbocycles. The second-order valence-electron chi connectivity index (χ2n) is 2.85. The van der Waals surface area contributed by atoms with Crippen LogP contribution in [0.1, 0.15) is 6.92 Å². The zero-order valence-electron chi connectivity index (χ0n) is 7.21. The predicted molar refractivity (Wildman–Crippen MR) is 51.4 cm³/mol. The molecule has 0 bridgehead atoms. The average Bonchev–Trinajstić information content (AvgIpc) is 2.36. The Morgan fingerprint density at radius 1 is 1.83 bits per heavy atom. The molecule has 0 saturated carbocycles. The van der Waals surface area contributed by atoms with Gasteiger partial charge in [0.25, 0.3) is 0 Å². The summed E-state index contributed by atoms with van der Waals surface area (Å²) in [5.74, 6) is 0. The van der Waals surface area contributed by atoms with Gasteiger partial charge >= 0.3 is 6.03 Å². The minimum Gasteiger partial charge on any atom is -0.336 e. The first-order valence-corrected chi connectivity index (χ1v) is 4.66. The molecule has 1 fully saturated rings. The lowest BCUT2D eigenvalue weighted by atomic mass is 10.5. The molecule has 12 heavy (non-hydrogen) atoms. The molecule has 2 amide bonds. The maximum absolute atomic E-state index is 11.0. The SMILES string of the molecule is CC(S)NCCN1CCNC1=O. The maximum Gasteiger partial charge on any atom is 0.317 e. The van der Waals surface area contributed by atoms with Gasteiger partial charge in [0.05, 0.1) is 0 Å². The largest absolute Gasteiger partial charge is 0.336 e. The third-order valence-electron chi connectivity index (χ3n) is 1.77. The number of thiol groups is 1. The van der Waals surface area contributed by atoms with Crippen LogP contribution >= 0.6 is 12.6 Å². The van der Waals surface area contributed by atoms with Crippen molar-refractivity contribution in [2.45, 2.75) is 12.3 Å². The van der Waals surface area contributed by atoms with Gasteiger partial charge in [-0.2, -0.15) is 12.6 Å². The summed E-state index contributed by atoms with van der Waals surface area (Å²) < 4.78 is 0. The van der Waals surface area contributed by atoms with Gasteiger partial charge in [-0.25, -0.2) is 4.79 Å². The number of hydrogen-bond donors (Lipinski definition) is 3.